The summed E-state index contributed by atoms with van der Waals surface area (Å²) >= 11 is 0. The molecule has 2 heterocycles. The van der Waals surface area contributed by atoms with Crippen molar-refractivity contribution in [2.45, 2.75) is 19.0 Å². The first-order valence-corrected chi connectivity index (χ1v) is 11.9. The molecule has 0 aliphatic carbocycles. The maximum Gasteiger partial charge on any atom is 0.225 e. The van der Waals surface area contributed by atoms with E-state index in [9.17, 15) is 9.18 Å². The van der Waals surface area contributed by atoms with Gasteiger partial charge in [0.15, 0.2) is 0 Å². The lowest BCUT2D eigenvalue weighted by atomic mass is 9.83. The standard InChI is InChI=1S/C28H30FN3O3/c1-34-23-10-7-22(8-11-23)31-12-13-32-26-16-24(35-2)9-6-20(26)15-25(27(32)18-31)28(33)30-17-19-4-3-5-21(29)14-19/h3-11,14,16,25,27H,12-13,15,17-18H2,1-2H3,(H,30,33)/t25-,27+/m0/s1. The van der Waals surface area contributed by atoms with E-state index in [4.69, 9.17) is 9.47 Å². The van der Waals surface area contributed by atoms with E-state index in [0.29, 0.717) is 13.0 Å². The van der Waals surface area contributed by atoms with Crippen LogP contribution in [-0.2, 0) is 17.8 Å². The number of ether oxygens (including phenoxy) is 2. The maximum absolute atomic E-state index is 13.6. The number of nitrogens with zero attached hydrogens (tertiary/aromatic N) is 2. The van der Waals surface area contributed by atoms with Crippen LogP contribution in [0.5, 0.6) is 11.5 Å². The number of halogens is 1. The minimum atomic E-state index is -0.300. The molecule has 35 heavy (non-hydrogen) atoms. The van der Waals surface area contributed by atoms with Crippen molar-refractivity contribution in [2.24, 2.45) is 5.92 Å². The highest BCUT2D eigenvalue weighted by atomic mass is 19.1. The first-order valence-electron chi connectivity index (χ1n) is 11.9. The molecule has 5 rings (SSSR count). The molecule has 7 heteroatoms. The predicted molar refractivity (Wildman–Crippen MR) is 135 cm³/mol. The molecule has 1 fully saturated rings. The lowest BCUT2D eigenvalue weighted by Crippen LogP contribution is -2.61. The Morgan fingerprint density at radius 2 is 1.77 bits per heavy atom. The van der Waals surface area contributed by atoms with Crippen LogP contribution in [0.25, 0.3) is 0 Å². The van der Waals surface area contributed by atoms with Crippen molar-refractivity contribution in [1.82, 2.24) is 5.32 Å². The van der Waals surface area contributed by atoms with Crippen molar-refractivity contribution >= 4 is 17.3 Å². The lowest BCUT2D eigenvalue weighted by Gasteiger charge is -2.49. The Labute approximate surface area is 205 Å². The number of amides is 1. The Morgan fingerprint density at radius 3 is 2.51 bits per heavy atom. The molecule has 0 unspecified atom stereocenters. The van der Waals surface area contributed by atoms with E-state index in [1.807, 2.05) is 24.3 Å². The molecule has 2 aliphatic rings. The third-order valence-corrected chi connectivity index (χ3v) is 7.05. The SMILES string of the molecule is COc1ccc(N2CCN3c4cc(OC)ccc4C[C@H](C(=O)NCc4cccc(F)c4)[C@H]3C2)cc1. The second-order valence-corrected chi connectivity index (χ2v) is 9.06. The number of fused-ring (bicyclic) bond motifs is 3. The van der Waals surface area contributed by atoms with Crippen LogP contribution >= 0.6 is 0 Å². The minimum absolute atomic E-state index is 0.00188. The molecule has 182 valence electrons. The zero-order chi connectivity index (χ0) is 24.4. The van der Waals surface area contributed by atoms with Crippen LogP contribution in [0, 0.1) is 11.7 Å². The number of methoxy groups -OCH3 is 2. The van der Waals surface area contributed by atoms with Crippen molar-refractivity contribution in [3.05, 3.63) is 83.7 Å². The second-order valence-electron chi connectivity index (χ2n) is 9.06. The highest BCUT2D eigenvalue weighted by molar-refractivity contribution is 5.82. The van der Waals surface area contributed by atoms with Crippen LogP contribution in [0.1, 0.15) is 11.1 Å². The van der Waals surface area contributed by atoms with E-state index >= 15 is 0 Å². The number of carbonyl (C=O) groups is 1. The van der Waals surface area contributed by atoms with Gasteiger partial charge in [0.05, 0.1) is 26.2 Å². The molecule has 6 nitrogen and oxygen atoms in total. The Kier molecular flexibility index (Phi) is 6.49. The molecular formula is C28H30FN3O3. The van der Waals surface area contributed by atoms with E-state index in [1.54, 1.807) is 20.3 Å². The molecule has 0 radical (unpaired) electrons. The molecule has 2 atom stereocenters. The lowest BCUT2D eigenvalue weighted by molar-refractivity contribution is -0.126. The first kappa shape index (κ1) is 23.0. The minimum Gasteiger partial charge on any atom is -0.497 e. The van der Waals surface area contributed by atoms with Gasteiger partial charge in [0.1, 0.15) is 17.3 Å². The molecule has 3 aromatic rings. The second kappa shape index (κ2) is 9.86. The van der Waals surface area contributed by atoms with E-state index in [1.165, 1.54) is 12.1 Å². The van der Waals surface area contributed by atoms with E-state index in [0.717, 1.165) is 53.6 Å². The maximum atomic E-state index is 13.6. The van der Waals surface area contributed by atoms with Crippen LogP contribution in [0.4, 0.5) is 15.8 Å². The van der Waals surface area contributed by atoms with E-state index in [-0.39, 0.29) is 23.7 Å². The summed E-state index contributed by atoms with van der Waals surface area (Å²) in [6.45, 7) is 2.67. The molecule has 1 N–H and O–H groups in total. The van der Waals surface area contributed by atoms with Gasteiger partial charge in [-0.1, -0.05) is 18.2 Å². The van der Waals surface area contributed by atoms with E-state index < -0.39 is 0 Å². The fourth-order valence-corrected chi connectivity index (χ4v) is 5.20. The average molecular weight is 476 g/mol. The van der Waals surface area contributed by atoms with Crippen LogP contribution in [-0.4, -0.2) is 45.8 Å². The number of rotatable bonds is 6. The molecule has 0 spiro atoms. The first-order chi connectivity index (χ1) is 17.1. The molecule has 0 saturated carbocycles. The number of piperazine rings is 1. The molecule has 0 bridgehead atoms. The summed E-state index contributed by atoms with van der Waals surface area (Å²) < 4.78 is 24.4. The van der Waals surface area contributed by atoms with Gasteiger partial charge in [0, 0.05) is 43.6 Å². The predicted octanol–water partition coefficient (Wildman–Crippen LogP) is 4.03. The topological polar surface area (TPSA) is 54.0 Å². The highest BCUT2D eigenvalue weighted by Crippen LogP contribution is 2.39. The Morgan fingerprint density at radius 1 is 1.00 bits per heavy atom. The Hall–Kier alpha value is -3.74. The fourth-order valence-electron chi connectivity index (χ4n) is 5.20. The van der Waals surface area contributed by atoms with Gasteiger partial charge in [0.2, 0.25) is 5.91 Å². The monoisotopic (exact) mass is 475 g/mol. The van der Waals surface area contributed by atoms with Crippen LogP contribution in [0.2, 0.25) is 0 Å². The molecular weight excluding hydrogens is 445 g/mol. The number of hydrogen-bond donors (Lipinski definition) is 1. The van der Waals surface area contributed by atoms with Crippen LogP contribution in [0.15, 0.2) is 66.7 Å². The highest BCUT2D eigenvalue weighted by Gasteiger charge is 2.41. The van der Waals surface area contributed by atoms with Crippen molar-refractivity contribution < 1.29 is 18.7 Å². The quantitative estimate of drug-likeness (QED) is 0.584. The molecule has 3 aromatic carbocycles. The van der Waals surface area contributed by atoms with Crippen molar-refractivity contribution in [1.29, 1.82) is 0 Å². The summed E-state index contributed by atoms with van der Waals surface area (Å²) in [6.07, 6.45) is 0.645. The Bertz CT molecular complexity index is 1200. The van der Waals surface area contributed by atoms with Gasteiger partial charge < -0.3 is 24.6 Å². The van der Waals surface area contributed by atoms with Gasteiger partial charge in [-0.25, -0.2) is 4.39 Å². The largest absolute Gasteiger partial charge is 0.497 e. The van der Waals surface area contributed by atoms with E-state index in [2.05, 4.69) is 39.4 Å². The van der Waals surface area contributed by atoms with Crippen LogP contribution in [0.3, 0.4) is 0 Å². The molecule has 1 saturated heterocycles. The number of benzene rings is 3. The van der Waals surface area contributed by atoms with Gasteiger partial charge in [-0.05, 0) is 60.0 Å². The number of nitrogens with one attached hydrogen (secondary N) is 1. The number of anilines is 2. The molecule has 0 aromatic heterocycles. The normalized spacial score (nSPS) is 18.9. The zero-order valence-corrected chi connectivity index (χ0v) is 20.0. The third-order valence-electron chi connectivity index (χ3n) is 7.05. The van der Waals surface area contributed by atoms with Crippen molar-refractivity contribution in [3.8, 4) is 11.5 Å². The summed E-state index contributed by atoms with van der Waals surface area (Å²) in [5.74, 6) is 1.09. The van der Waals surface area contributed by atoms with Gasteiger partial charge >= 0.3 is 0 Å². The summed E-state index contributed by atoms with van der Waals surface area (Å²) in [6, 6.07) is 20.5. The summed E-state index contributed by atoms with van der Waals surface area (Å²) in [5, 5.41) is 3.06. The van der Waals surface area contributed by atoms with Gasteiger partial charge in [-0.15, -0.1) is 0 Å². The van der Waals surface area contributed by atoms with Crippen molar-refractivity contribution in [3.63, 3.8) is 0 Å². The summed E-state index contributed by atoms with van der Waals surface area (Å²) in [5.41, 5.74) is 4.14. The van der Waals surface area contributed by atoms with Crippen LogP contribution < -0.4 is 24.6 Å². The van der Waals surface area contributed by atoms with Gasteiger partial charge in [-0.3, -0.25) is 4.79 Å². The third kappa shape index (κ3) is 4.76. The molecule has 1 amide bonds. The van der Waals surface area contributed by atoms with Crippen molar-refractivity contribution in [2.75, 3.05) is 43.7 Å². The smallest absolute Gasteiger partial charge is 0.225 e. The number of hydrogen-bond acceptors (Lipinski definition) is 5. The average Bonchev–Trinajstić information content (AvgIpc) is 2.90. The summed E-state index contributed by atoms with van der Waals surface area (Å²) in [4.78, 5) is 18.2. The summed E-state index contributed by atoms with van der Waals surface area (Å²) in [7, 11) is 3.33. The van der Waals surface area contributed by atoms with Gasteiger partial charge in [0.25, 0.3) is 0 Å². The van der Waals surface area contributed by atoms with Gasteiger partial charge in [-0.2, -0.15) is 0 Å². The zero-order valence-electron chi connectivity index (χ0n) is 20.0. The number of carbonyl (C=O) groups excluding carboxylic acids is 1. The molecule has 2 aliphatic heterocycles. The Balaban J connectivity index is 1.40. The fraction of sp³-hybridized carbons (Fsp3) is 0.321.